The Bertz CT molecular complexity index is 850. The maximum atomic E-state index is 12.8. The van der Waals surface area contributed by atoms with Crippen molar-refractivity contribution in [3.63, 3.8) is 0 Å². The van der Waals surface area contributed by atoms with Crippen LogP contribution in [0.15, 0.2) is 42.7 Å². The van der Waals surface area contributed by atoms with E-state index >= 15 is 0 Å². The van der Waals surface area contributed by atoms with Crippen molar-refractivity contribution in [2.45, 2.75) is 13.3 Å². The topological polar surface area (TPSA) is 49.0 Å². The van der Waals surface area contributed by atoms with Crippen molar-refractivity contribution in [2.24, 2.45) is 0 Å². The van der Waals surface area contributed by atoms with Crippen LogP contribution < -0.4 is 4.90 Å². The molecule has 1 N–H and O–H groups in total. The van der Waals surface area contributed by atoms with Gasteiger partial charge in [-0.1, -0.05) is 17.7 Å². The SMILES string of the molecule is Cc1ccc2c(c1)CCN2C(=O)c1ccc2nc[nH]c2c1. The summed E-state index contributed by atoms with van der Waals surface area (Å²) in [4.78, 5) is 21.9. The number of imidazole rings is 1. The van der Waals surface area contributed by atoms with Gasteiger partial charge in [-0.15, -0.1) is 0 Å². The molecule has 0 bridgehead atoms. The summed E-state index contributed by atoms with van der Waals surface area (Å²) in [7, 11) is 0. The van der Waals surface area contributed by atoms with Crippen molar-refractivity contribution in [1.29, 1.82) is 0 Å². The zero-order valence-electron chi connectivity index (χ0n) is 11.8. The summed E-state index contributed by atoms with van der Waals surface area (Å²) in [5.74, 6) is 0.0501. The van der Waals surface area contributed by atoms with Crippen LogP contribution in [-0.2, 0) is 6.42 Å². The maximum absolute atomic E-state index is 12.8. The van der Waals surface area contributed by atoms with Crippen LogP contribution in [0.4, 0.5) is 5.69 Å². The average molecular weight is 277 g/mol. The van der Waals surface area contributed by atoms with Gasteiger partial charge in [-0.2, -0.15) is 0 Å². The lowest BCUT2D eigenvalue weighted by atomic mass is 10.1. The molecule has 3 aromatic rings. The van der Waals surface area contributed by atoms with Crippen molar-refractivity contribution in [3.8, 4) is 0 Å². The van der Waals surface area contributed by atoms with E-state index in [0.29, 0.717) is 5.56 Å². The van der Waals surface area contributed by atoms with Gasteiger partial charge in [0.15, 0.2) is 0 Å². The minimum Gasteiger partial charge on any atom is -0.345 e. The Morgan fingerprint density at radius 1 is 1.24 bits per heavy atom. The van der Waals surface area contributed by atoms with Crippen molar-refractivity contribution in [1.82, 2.24) is 9.97 Å². The Kier molecular flexibility index (Phi) is 2.57. The van der Waals surface area contributed by atoms with Gasteiger partial charge in [0.05, 0.1) is 17.4 Å². The number of aryl methyl sites for hydroxylation is 1. The summed E-state index contributed by atoms with van der Waals surface area (Å²) >= 11 is 0. The molecule has 0 spiro atoms. The number of nitrogens with one attached hydrogen (secondary N) is 1. The number of aromatic amines is 1. The van der Waals surface area contributed by atoms with Crippen LogP contribution in [0.5, 0.6) is 0 Å². The molecule has 21 heavy (non-hydrogen) atoms. The van der Waals surface area contributed by atoms with E-state index in [1.165, 1.54) is 11.1 Å². The summed E-state index contributed by atoms with van der Waals surface area (Å²) < 4.78 is 0. The van der Waals surface area contributed by atoms with Crippen molar-refractivity contribution in [2.75, 3.05) is 11.4 Å². The summed E-state index contributed by atoms with van der Waals surface area (Å²) in [6.07, 6.45) is 2.57. The molecule has 4 rings (SSSR count). The van der Waals surface area contributed by atoms with Gasteiger partial charge >= 0.3 is 0 Å². The molecule has 0 radical (unpaired) electrons. The Morgan fingerprint density at radius 2 is 2.14 bits per heavy atom. The van der Waals surface area contributed by atoms with E-state index in [2.05, 4.69) is 29.0 Å². The molecule has 104 valence electrons. The molecule has 0 atom stereocenters. The van der Waals surface area contributed by atoms with Crippen molar-refractivity contribution in [3.05, 3.63) is 59.4 Å². The van der Waals surface area contributed by atoms with Crippen LogP contribution in [0.3, 0.4) is 0 Å². The molecular weight excluding hydrogens is 262 g/mol. The first kappa shape index (κ1) is 12.1. The smallest absolute Gasteiger partial charge is 0.258 e. The normalized spacial score (nSPS) is 13.7. The molecule has 2 heterocycles. The van der Waals surface area contributed by atoms with Crippen molar-refractivity contribution < 1.29 is 4.79 Å². The standard InChI is InChI=1S/C17H15N3O/c1-11-2-5-16-12(8-11)6-7-20(16)17(21)13-3-4-14-15(9-13)19-10-18-14/h2-5,8-10H,6-7H2,1H3,(H,18,19). The zero-order valence-corrected chi connectivity index (χ0v) is 11.8. The number of nitrogens with zero attached hydrogens (tertiary/aromatic N) is 2. The molecular formula is C17H15N3O. The molecule has 0 saturated heterocycles. The van der Waals surface area contributed by atoms with Crippen LogP contribution in [0.1, 0.15) is 21.5 Å². The van der Waals surface area contributed by atoms with Crippen LogP contribution in [-0.4, -0.2) is 22.4 Å². The predicted molar refractivity (Wildman–Crippen MR) is 82.7 cm³/mol. The zero-order chi connectivity index (χ0) is 14.4. The van der Waals surface area contributed by atoms with Gasteiger partial charge in [0.25, 0.3) is 5.91 Å². The molecule has 0 unspecified atom stereocenters. The summed E-state index contributed by atoms with van der Waals surface area (Å²) in [5, 5.41) is 0. The van der Waals surface area contributed by atoms with E-state index in [1.807, 2.05) is 29.2 Å². The number of carbonyl (C=O) groups excluding carboxylic acids is 1. The first-order chi connectivity index (χ1) is 10.2. The first-order valence-corrected chi connectivity index (χ1v) is 7.07. The number of fused-ring (bicyclic) bond motifs is 2. The van der Waals surface area contributed by atoms with E-state index in [1.54, 1.807) is 6.33 Å². The molecule has 0 aliphatic carbocycles. The number of benzene rings is 2. The summed E-state index contributed by atoms with van der Waals surface area (Å²) in [6, 6.07) is 11.9. The summed E-state index contributed by atoms with van der Waals surface area (Å²) in [6.45, 7) is 2.83. The van der Waals surface area contributed by atoms with E-state index < -0.39 is 0 Å². The predicted octanol–water partition coefficient (Wildman–Crippen LogP) is 3.07. The van der Waals surface area contributed by atoms with Crippen LogP contribution in [0, 0.1) is 6.92 Å². The van der Waals surface area contributed by atoms with Crippen LogP contribution in [0.25, 0.3) is 11.0 Å². The first-order valence-electron chi connectivity index (χ1n) is 7.07. The van der Waals surface area contributed by atoms with Crippen LogP contribution in [0.2, 0.25) is 0 Å². The lowest BCUT2D eigenvalue weighted by Gasteiger charge is -2.17. The number of amides is 1. The lowest BCUT2D eigenvalue weighted by Crippen LogP contribution is -2.28. The summed E-state index contributed by atoms with van der Waals surface area (Å²) in [5.41, 5.74) is 6.00. The maximum Gasteiger partial charge on any atom is 0.258 e. The lowest BCUT2D eigenvalue weighted by molar-refractivity contribution is 0.0989. The van der Waals surface area contributed by atoms with Gasteiger partial charge in [-0.05, 0) is 43.2 Å². The third-order valence-corrected chi connectivity index (χ3v) is 4.04. The minimum atomic E-state index is 0.0501. The Labute approximate surface area is 122 Å². The molecule has 0 fully saturated rings. The average Bonchev–Trinajstić information content (AvgIpc) is 3.11. The highest BCUT2D eigenvalue weighted by Gasteiger charge is 2.25. The van der Waals surface area contributed by atoms with E-state index in [4.69, 9.17) is 0 Å². The second-order valence-corrected chi connectivity index (χ2v) is 5.47. The van der Waals surface area contributed by atoms with Gasteiger partial charge in [0, 0.05) is 17.8 Å². The fraction of sp³-hybridized carbons (Fsp3) is 0.176. The van der Waals surface area contributed by atoms with Gasteiger partial charge in [0.1, 0.15) is 0 Å². The van der Waals surface area contributed by atoms with Crippen LogP contribution >= 0.6 is 0 Å². The number of H-pyrrole nitrogens is 1. The Balaban J connectivity index is 1.73. The highest BCUT2D eigenvalue weighted by molar-refractivity contribution is 6.08. The second kappa shape index (κ2) is 4.45. The monoisotopic (exact) mass is 277 g/mol. The highest BCUT2D eigenvalue weighted by Crippen LogP contribution is 2.30. The molecule has 4 nitrogen and oxygen atoms in total. The van der Waals surface area contributed by atoms with Gasteiger partial charge in [0.2, 0.25) is 0 Å². The molecule has 1 aliphatic heterocycles. The molecule has 4 heteroatoms. The molecule has 2 aromatic carbocycles. The fourth-order valence-electron chi connectivity index (χ4n) is 2.97. The van der Waals surface area contributed by atoms with E-state index in [9.17, 15) is 4.79 Å². The molecule has 1 aromatic heterocycles. The number of hydrogen-bond acceptors (Lipinski definition) is 2. The van der Waals surface area contributed by atoms with E-state index in [-0.39, 0.29) is 5.91 Å². The number of hydrogen-bond donors (Lipinski definition) is 1. The quantitative estimate of drug-likeness (QED) is 0.743. The largest absolute Gasteiger partial charge is 0.345 e. The number of rotatable bonds is 1. The fourth-order valence-corrected chi connectivity index (χ4v) is 2.97. The third-order valence-electron chi connectivity index (χ3n) is 4.04. The van der Waals surface area contributed by atoms with E-state index in [0.717, 1.165) is 29.7 Å². The molecule has 1 aliphatic rings. The van der Waals surface area contributed by atoms with Gasteiger partial charge < -0.3 is 9.88 Å². The minimum absolute atomic E-state index is 0.0501. The number of anilines is 1. The number of carbonyl (C=O) groups is 1. The number of aromatic nitrogens is 2. The van der Waals surface area contributed by atoms with Gasteiger partial charge in [-0.25, -0.2) is 4.98 Å². The Hall–Kier alpha value is -2.62. The molecule has 1 amide bonds. The van der Waals surface area contributed by atoms with Crippen molar-refractivity contribution >= 4 is 22.6 Å². The highest BCUT2D eigenvalue weighted by atomic mass is 16.2. The molecule has 0 saturated carbocycles. The third kappa shape index (κ3) is 1.91. The Morgan fingerprint density at radius 3 is 3.05 bits per heavy atom. The van der Waals surface area contributed by atoms with Gasteiger partial charge in [-0.3, -0.25) is 4.79 Å². The second-order valence-electron chi connectivity index (χ2n) is 5.47.